The third-order valence-corrected chi connectivity index (χ3v) is 2.13. The van der Waals surface area contributed by atoms with E-state index >= 15 is 0 Å². The van der Waals surface area contributed by atoms with Crippen LogP contribution in [0, 0.1) is 0 Å². The summed E-state index contributed by atoms with van der Waals surface area (Å²) in [4.78, 5) is 13.3. The van der Waals surface area contributed by atoms with E-state index in [1.807, 2.05) is 6.92 Å². The van der Waals surface area contributed by atoms with Gasteiger partial charge in [-0.3, -0.25) is 9.55 Å². The van der Waals surface area contributed by atoms with Gasteiger partial charge in [0.2, 0.25) is 5.88 Å². The van der Waals surface area contributed by atoms with Crippen molar-refractivity contribution >= 4 is 12.6 Å². The Morgan fingerprint density at radius 2 is 2.33 bits per heavy atom. The van der Waals surface area contributed by atoms with Gasteiger partial charge >= 0.3 is 5.69 Å². The van der Waals surface area contributed by atoms with Crippen LogP contribution >= 0.6 is 12.6 Å². The molecule has 1 rings (SSSR count). The minimum absolute atomic E-state index is 0.153. The molecule has 0 atom stereocenters. The van der Waals surface area contributed by atoms with Crippen LogP contribution in [-0.4, -0.2) is 14.7 Å². The molecule has 0 aromatic carbocycles. The third-order valence-electron chi connectivity index (χ3n) is 1.67. The molecule has 68 valence electrons. The molecule has 1 heterocycles. The van der Waals surface area contributed by atoms with Crippen molar-refractivity contribution in [2.45, 2.75) is 31.3 Å². The first-order valence-corrected chi connectivity index (χ1v) is 4.32. The smallest absolute Gasteiger partial charge is 0.329 e. The van der Waals surface area contributed by atoms with E-state index in [1.54, 1.807) is 0 Å². The Bertz CT molecular complexity index is 316. The number of unbranched alkanes of at least 4 members (excludes halogenated alkanes) is 1. The molecule has 12 heavy (non-hydrogen) atoms. The summed E-state index contributed by atoms with van der Waals surface area (Å²) >= 11 is 3.99. The fourth-order valence-electron chi connectivity index (χ4n) is 0.972. The van der Waals surface area contributed by atoms with Gasteiger partial charge in [-0.05, 0) is 6.42 Å². The summed E-state index contributed by atoms with van der Waals surface area (Å²) in [5.41, 5.74) is -0.300. The normalized spacial score (nSPS) is 10.5. The van der Waals surface area contributed by atoms with Crippen LogP contribution < -0.4 is 5.69 Å². The van der Waals surface area contributed by atoms with Gasteiger partial charge in [-0.1, -0.05) is 13.3 Å². The summed E-state index contributed by atoms with van der Waals surface area (Å²) < 4.78 is 1.42. The van der Waals surface area contributed by atoms with E-state index in [9.17, 15) is 4.79 Å². The quantitative estimate of drug-likeness (QED) is 0.619. The van der Waals surface area contributed by atoms with Crippen LogP contribution in [0.1, 0.15) is 19.8 Å². The maximum atomic E-state index is 11.1. The number of rotatable bonds is 3. The average Bonchev–Trinajstić information content (AvgIpc) is 2.25. The average molecular weight is 188 g/mol. The molecule has 0 bridgehead atoms. The van der Waals surface area contributed by atoms with Gasteiger partial charge in [0.25, 0.3) is 0 Å². The van der Waals surface area contributed by atoms with Crippen molar-refractivity contribution in [3.05, 3.63) is 10.5 Å². The van der Waals surface area contributed by atoms with Crippen molar-refractivity contribution < 1.29 is 5.11 Å². The lowest BCUT2D eigenvalue weighted by atomic mass is 10.3. The van der Waals surface area contributed by atoms with Gasteiger partial charge in [-0.25, -0.2) is 4.79 Å². The zero-order valence-corrected chi connectivity index (χ0v) is 7.77. The zero-order chi connectivity index (χ0) is 9.14. The number of thiol groups is 1. The van der Waals surface area contributed by atoms with Crippen LogP contribution in [0.15, 0.2) is 9.82 Å². The monoisotopic (exact) mass is 188 g/mol. The SMILES string of the molecule is CCCCn1c(S)c(O)[nH]c1=O. The maximum Gasteiger partial charge on any atom is 0.329 e. The molecule has 0 aliphatic carbocycles. The highest BCUT2D eigenvalue weighted by Crippen LogP contribution is 2.15. The van der Waals surface area contributed by atoms with Crippen LogP contribution in [-0.2, 0) is 6.54 Å². The Morgan fingerprint density at radius 3 is 2.75 bits per heavy atom. The lowest BCUT2D eigenvalue weighted by molar-refractivity contribution is 0.437. The number of aromatic amines is 1. The minimum atomic E-state index is -0.300. The number of imidazole rings is 1. The van der Waals surface area contributed by atoms with Gasteiger partial charge in [0.15, 0.2) is 0 Å². The summed E-state index contributed by atoms with van der Waals surface area (Å²) in [6.07, 6.45) is 1.91. The molecule has 1 aromatic rings. The lowest BCUT2D eigenvalue weighted by Crippen LogP contribution is -2.17. The van der Waals surface area contributed by atoms with Crippen LogP contribution in [0.4, 0.5) is 0 Å². The predicted octanol–water partition coefficient (Wildman–Crippen LogP) is 0.971. The number of aromatic nitrogens is 2. The Morgan fingerprint density at radius 1 is 1.67 bits per heavy atom. The summed E-state index contributed by atoms with van der Waals surface area (Å²) in [6.45, 7) is 2.64. The molecular formula is C7H12N2O2S. The number of hydrogen-bond donors (Lipinski definition) is 3. The number of H-pyrrole nitrogens is 1. The second-order valence-corrected chi connectivity index (χ2v) is 3.03. The van der Waals surface area contributed by atoms with Gasteiger partial charge in [0, 0.05) is 6.54 Å². The van der Waals surface area contributed by atoms with Gasteiger partial charge in [0.05, 0.1) is 0 Å². The fourth-order valence-corrected chi connectivity index (χ4v) is 1.22. The van der Waals surface area contributed by atoms with E-state index in [2.05, 4.69) is 17.6 Å². The van der Waals surface area contributed by atoms with Crippen molar-refractivity contribution in [3.63, 3.8) is 0 Å². The predicted molar refractivity (Wildman–Crippen MR) is 48.9 cm³/mol. The summed E-state index contributed by atoms with van der Waals surface area (Å²) in [5, 5.41) is 9.38. The molecule has 0 spiro atoms. The minimum Gasteiger partial charge on any atom is -0.493 e. The molecule has 0 amide bonds. The fraction of sp³-hybridized carbons (Fsp3) is 0.571. The summed E-state index contributed by atoms with van der Waals surface area (Å²) in [7, 11) is 0. The van der Waals surface area contributed by atoms with Gasteiger partial charge in [-0.15, -0.1) is 12.6 Å². The third kappa shape index (κ3) is 1.66. The van der Waals surface area contributed by atoms with E-state index in [-0.39, 0.29) is 11.6 Å². The van der Waals surface area contributed by atoms with Gasteiger partial charge in [-0.2, -0.15) is 0 Å². The molecule has 0 radical (unpaired) electrons. The van der Waals surface area contributed by atoms with Crippen LogP contribution in [0.25, 0.3) is 0 Å². The van der Waals surface area contributed by atoms with E-state index in [4.69, 9.17) is 5.11 Å². The van der Waals surface area contributed by atoms with E-state index in [0.29, 0.717) is 11.6 Å². The van der Waals surface area contributed by atoms with Crippen LogP contribution in [0.3, 0.4) is 0 Å². The Labute approximate surface area is 75.6 Å². The second-order valence-electron chi connectivity index (χ2n) is 2.61. The van der Waals surface area contributed by atoms with Crippen LogP contribution in [0.2, 0.25) is 0 Å². The number of hydrogen-bond acceptors (Lipinski definition) is 3. The highest BCUT2D eigenvalue weighted by Gasteiger charge is 2.07. The molecule has 1 aromatic heterocycles. The van der Waals surface area contributed by atoms with E-state index in [1.165, 1.54) is 4.57 Å². The lowest BCUT2D eigenvalue weighted by Gasteiger charge is -1.99. The largest absolute Gasteiger partial charge is 0.493 e. The van der Waals surface area contributed by atoms with Gasteiger partial charge in [0.1, 0.15) is 5.03 Å². The molecule has 2 N–H and O–H groups in total. The molecule has 4 nitrogen and oxygen atoms in total. The van der Waals surface area contributed by atoms with E-state index < -0.39 is 0 Å². The Balaban J connectivity index is 2.90. The van der Waals surface area contributed by atoms with Crippen molar-refractivity contribution in [2.24, 2.45) is 0 Å². The molecule has 0 unspecified atom stereocenters. The molecule has 0 aliphatic heterocycles. The molecule has 0 aliphatic rings. The Hall–Kier alpha value is -0.840. The molecular weight excluding hydrogens is 176 g/mol. The van der Waals surface area contributed by atoms with Crippen LogP contribution in [0.5, 0.6) is 5.88 Å². The van der Waals surface area contributed by atoms with Crippen molar-refractivity contribution in [2.75, 3.05) is 0 Å². The Kier molecular flexibility index (Phi) is 2.86. The van der Waals surface area contributed by atoms with Crippen molar-refractivity contribution in [1.82, 2.24) is 9.55 Å². The molecule has 0 saturated heterocycles. The second kappa shape index (κ2) is 3.71. The van der Waals surface area contributed by atoms with E-state index in [0.717, 1.165) is 12.8 Å². The van der Waals surface area contributed by atoms with Crippen molar-refractivity contribution in [3.8, 4) is 5.88 Å². The molecule has 0 fully saturated rings. The molecule has 5 heteroatoms. The molecule has 0 saturated carbocycles. The van der Waals surface area contributed by atoms with Gasteiger partial charge < -0.3 is 5.11 Å². The maximum absolute atomic E-state index is 11.1. The summed E-state index contributed by atoms with van der Waals surface area (Å²) in [6, 6.07) is 0. The highest BCUT2D eigenvalue weighted by atomic mass is 32.1. The first-order valence-electron chi connectivity index (χ1n) is 3.87. The zero-order valence-electron chi connectivity index (χ0n) is 6.87. The topological polar surface area (TPSA) is 58.0 Å². The first kappa shape index (κ1) is 9.25. The van der Waals surface area contributed by atoms with Crippen molar-refractivity contribution in [1.29, 1.82) is 0 Å². The highest BCUT2D eigenvalue weighted by molar-refractivity contribution is 7.80. The number of nitrogens with one attached hydrogen (secondary N) is 1. The standard InChI is InChI=1S/C7H12N2O2S/c1-2-3-4-9-6(12)5(10)8-7(9)11/h10,12H,2-4H2,1H3,(H,8,11). The number of nitrogens with zero attached hydrogens (tertiary/aromatic N) is 1. The first-order chi connectivity index (χ1) is 5.66. The summed E-state index contributed by atoms with van der Waals surface area (Å²) in [5.74, 6) is -0.153. The number of aromatic hydroxyl groups is 1.